The highest BCUT2D eigenvalue weighted by molar-refractivity contribution is 6.70. The number of hydrogen-bond donors (Lipinski definition) is 2. The third-order valence-corrected chi connectivity index (χ3v) is 2.18. The monoisotopic (exact) mass is 177 g/mol. The number of amides is 1. The molecule has 0 bridgehead atoms. The second-order valence-electron chi connectivity index (χ2n) is 2.94. The molecule has 1 unspecified atom stereocenters. The highest BCUT2D eigenvalue weighted by Gasteiger charge is 2.37. The molecule has 0 radical (unpaired) electrons. The first-order valence-corrected chi connectivity index (χ1v) is 3.98. The van der Waals surface area contributed by atoms with E-state index >= 15 is 0 Å². The van der Waals surface area contributed by atoms with Crippen LogP contribution in [0.4, 0.5) is 0 Å². The summed E-state index contributed by atoms with van der Waals surface area (Å²) in [6.45, 7) is 0.472. The van der Waals surface area contributed by atoms with Gasteiger partial charge in [0.1, 0.15) is 0 Å². The number of rotatable bonds is 0. The summed E-state index contributed by atoms with van der Waals surface area (Å²) in [5.74, 6) is -0.0718. The van der Waals surface area contributed by atoms with Crippen molar-refractivity contribution in [3.05, 3.63) is 12.3 Å². The first kappa shape index (κ1) is 6.93. The summed E-state index contributed by atoms with van der Waals surface area (Å²) in [7, 11) is 0. The Morgan fingerprint density at radius 2 is 2.54 bits per heavy atom. The third-order valence-electron chi connectivity index (χ3n) is 2.18. The third kappa shape index (κ3) is 0.809. The maximum atomic E-state index is 11.7. The molecule has 3 rings (SSSR count). The standard InChI is InChI=1S/C7H7N5O/c13-6-5-4(1-2-8-5)10-7-11-9-3-12(6)7/h1-2,7,9,11H,3H2. The smallest absolute Gasteiger partial charge is 0.278 e. The number of nitrogens with one attached hydrogen (secondary N) is 2. The molecular weight excluding hydrogens is 170 g/mol. The Balaban J connectivity index is 2.09. The number of aliphatic imine (C=N–C) groups is 2. The van der Waals surface area contributed by atoms with Gasteiger partial charge in [0.2, 0.25) is 0 Å². The van der Waals surface area contributed by atoms with Crippen LogP contribution in [0.5, 0.6) is 0 Å². The summed E-state index contributed by atoms with van der Waals surface area (Å²) in [5, 5.41) is 0. The lowest BCUT2D eigenvalue weighted by Crippen LogP contribution is -2.48. The number of carbonyl (C=O) groups excluding carboxylic acids is 1. The van der Waals surface area contributed by atoms with Crippen molar-refractivity contribution in [3.63, 3.8) is 0 Å². The van der Waals surface area contributed by atoms with Crippen LogP contribution in [0.2, 0.25) is 0 Å². The molecular formula is C7H7N5O. The van der Waals surface area contributed by atoms with E-state index in [1.807, 2.05) is 0 Å². The van der Waals surface area contributed by atoms with E-state index in [0.29, 0.717) is 18.1 Å². The van der Waals surface area contributed by atoms with Crippen molar-refractivity contribution in [3.8, 4) is 0 Å². The fourth-order valence-corrected chi connectivity index (χ4v) is 1.54. The zero-order valence-electron chi connectivity index (χ0n) is 6.69. The van der Waals surface area contributed by atoms with Gasteiger partial charge in [-0.15, -0.1) is 0 Å². The van der Waals surface area contributed by atoms with Crippen molar-refractivity contribution in [2.75, 3.05) is 6.67 Å². The molecule has 0 aromatic rings. The van der Waals surface area contributed by atoms with Crippen molar-refractivity contribution in [2.45, 2.75) is 6.29 Å². The van der Waals surface area contributed by atoms with Gasteiger partial charge in [-0.2, -0.15) is 0 Å². The number of nitrogens with zero attached hydrogens (tertiary/aromatic N) is 3. The van der Waals surface area contributed by atoms with Crippen LogP contribution in [0.25, 0.3) is 0 Å². The molecule has 0 aromatic heterocycles. The van der Waals surface area contributed by atoms with Gasteiger partial charge in [-0.3, -0.25) is 9.69 Å². The molecule has 0 saturated carbocycles. The van der Waals surface area contributed by atoms with E-state index < -0.39 is 0 Å². The molecule has 3 heterocycles. The van der Waals surface area contributed by atoms with Crippen LogP contribution in [0.1, 0.15) is 0 Å². The van der Waals surface area contributed by atoms with E-state index in [1.165, 1.54) is 0 Å². The Labute approximate surface area is 74.0 Å². The van der Waals surface area contributed by atoms with E-state index in [-0.39, 0.29) is 12.2 Å². The first-order chi connectivity index (χ1) is 6.36. The molecule has 1 atom stereocenters. The molecule has 1 saturated heterocycles. The van der Waals surface area contributed by atoms with Crippen LogP contribution >= 0.6 is 0 Å². The molecule has 6 nitrogen and oxygen atoms in total. The van der Waals surface area contributed by atoms with Gasteiger partial charge in [-0.25, -0.2) is 20.8 Å². The molecule has 0 spiro atoms. The van der Waals surface area contributed by atoms with E-state index in [1.54, 1.807) is 17.2 Å². The maximum Gasteiger partial charge on any atom is 0.278 e. The molecule has 1 amide bonds. The molecule has 66 valence electrons. The number of allylic oxidation sites excluding steroid dienone is 1. The minimum Gasteiger partial charge on any atom is -0.287 e. The second kappa shape index (κ2) is 2.24. The highest BCUT2D eigenvalue weighted by Crippen LogP contribution is 2.14. The van der Waals surface area contributed by atoms with Crippen LogP contribution in [0.15, 0.2) is 22.3 Å². The summed E-state index contributed by atoms with van der Waals surface area (Å²) >= 11 is 0. The van der Waals surface area contributed by atoms with Crippen molar-refractivity contribution < 1.29 is 4.79 Å². The number of carbonyl (C=O) groups is 1. The summed E-state index contributed by atoms with van der Waals surface area (Å²) < 4.78 is 0. The van der Waals surface area contributed by atoms with Gasteiger partial charge in [0.15, 0.2) is 12.0 Å². The Morgan fingerprint density at radius 3 is 3.46 bits per heavy atom. The van der Waals surface area contributed by atoms with E-state index in [9.17, 15) is 4.79 Å². The SMILES string of the molecule is O=C1C2=NC=CC2=NC2NNCN12. The first-order valence-electron chi connectivity index (χ1n) is 3.98. The van der Waals surface area contributed by atoms with Crippen molar-refractivity contribution >= 4 is 17.3 Å². The largest absolute Gasteiger partial charge is 0.287 e. The zero-order valence-corrected chi connectivity index (χ0v) is 6.69. The van der Waals surface area contributed by atoms with Crippen molar-refractivity contribution in [1.82, 2.24) is 15.8 Å². The van der Waals surface area contributed by atoms with Crippen molar-refractivity contribution in [2.24, 2.45) is 9.98 Å². The second-order valence-corrected chi connectivity index (χ2v) is 2.94. The Morgan fingerprint density at radius 1 is 1.62 bits per heavy atom. The lowest BCUT2D eigenvalue weighted by atomic mass is 10.2. The Hall–Kier alpha value is -1.53. The fourth-order valence-electron chi connectivity index (χ4n) is 1.54. The summed E-state index contributed by atoms with van der Waals surface area (Å²) in [4.78, 5) is 21.5. The molecule has 6 heteroatoms. The number of hydrazine groups is 1. The normalized spacial score (nSPS) is 30.0. The predicted octanol–water partition coefficient (Wildman–Crippen LogP) is -1.41. The van der Waals surface area contributed by atoms with E-state index in [0.717, 1.165) is 0 Å². The predicted molar refractivity (Wildman–Crippen MR) is 45.8 cm³/mol. The number of fused-ring (bicyclic) bond motifs is 2. The van der Waals surface area contributed by atoms with Gasteiger partial charge in [0.05, 0.1) is 12.4 Å². The zero-order chi connectivity index (χ0) is 8.84. The molecule has 0 aromatic carbocycles. The summed E-state index contributed by atoms with van der Waals surface area (Å²) in [6, 6.07) is 0. The molecule has 0 aliphatic carbocycles. The van der Waals surface area contributed by atoms with Gasteiger partial charge in [-0.1, -0.05) is 0 Å². The Kier molecular flexibility index (Phi) is 1.19. The van der Waals surface area contributed by atoms with Gasteiger partial charge >= 0.3 is 0 Å². The Bertz CT molecular complexity index is 369. The molecule has 1 fully saturated rings. The number of hydrogen-bond acceptors (Lipinski definition) is 5. The van der Waals surface area contributed by atoms with Gasteiger partial charge in [-0.05, 0) is 6.08 Å². The minimum absolute atomic E-state index is 0.0718. The van der Waals surface area contributed by atoms with Crippen LogP contribution in [-0.4, -0.2) is 35.2 Å². The maximum absolute atomic E-state index is 11.7. The van der Waals surface area contributed by atoms with E-state index in [2.05, 4.69) is 20.8 Å². The van der Waals surface area contributed by atoms with Crippen LogP contribution in [0, 0.1) is 0 Å². The van der Waals surface area contributed by atoms with Crippen molar-refractivity contribution in [1.29, 1.82) is 0 Å². The lowest BCUT2D eigenvalue weighted by Gasteiger charge is -2.24. The average molecular weight is 177 g/mol. The highest BCUT2D eigenvalue weighted by atomic mass is 16.2. The van der Waals surface area contributed by atoms with Gasteiger partial charge in [0, 0.05) is 6.20 Å². The van der Waals surface area contributed by atoms with Crippen LogP contribution < -0.4 is 10.9 Å². The van der Waals surface area contributed by atoms with E-state index in [4.69, 9.17) is 0 Å². The topological polar surface area (TPSA) is 69.1 Å². The average Bonchev–Trinajstić information content (AvgIpc) is 2.71. The van der Waals surface area contributed by atoms with Crippen LogP contribution in [0.3, 0.4) is 0 Å². The fraction of sp³-hybridized carbons (Fsp3) is 0.286. The molecule has 13 heavy (non-hydrogen) atoms. The summed E-state index contributed by atoms with van der Waals surface area (Å²) in [6.07, 6.45) is 3.07. The van der Waals surface area contributed by atoms with Gasteiger partial charge in [0.25, 0.3) is 5.91 Å². The molecule has 3 aliphatic rings. The summed E-state index contributed by atoms with van der Waals surface area (Å²) in [5.41, 5.74) is 6.85. The molecule has 2 N–H and O–H groups in total. The van der Waals surface area contributed by atoms with Crippen LogP contribution in [-0.2, 0) is 4.79 Å². The lowest BCUT2D eigenvalue weighted by molar-refractivity contribution is -0.125. The minimum atomic E-state index is -0.274. The quantitative estimate of drug-likeness (QED) is 0.477. The van der Waals surface area contributed by atoms with Gasteiger partial charge < -0.3 is 0 Å². The molecule has 3 aliphatic heterocycles.